The Morgan fingerprint density at radius 3 is 2.94 bits per heavy atom. The summed E-state index contributed by atoms with van der Waals surface area (Å²) in [4.78, 5) is 6.46. The highest BCUT2D eigenvalue weighted by molar-refractivity contribution is 5.07. The molecular formula is C13H23N3. The van der Waals surface area contributed by atoms with Gasteiger partial charge in [0.05, 0.1) is 0 Å². The van der Waals surface area contributed by atoms with E-state index in [1.54, 1.807) is 0 Å². The maximum absolute atomic E-state index is 4.09. The molecule has 0 atom stereocenters. The van der Waals surface area contributed by atoms with E-state index < -0.39 is 0 Å². The van der Waals surface area contributed by atoms with Crippen LogP contribution in [0.4, 0.5) is 0 Å². The van der Waals surface area contributed by atoms with Crippen LogP contribution in [0.3, 0.4) is 0 Å². The number of pyridine rings is 1. The van der Waals surface area contributed by atoms with E-state index in [9.17, 15) is 0 Å². The molecule has 90 valence electrons. The maximum atomic E-state index is 4.09. The van der Waals surface area contributed by atoms with Crippen molar-refractivity contribution in [2.75, 3.05) is 26.7 Å². The highest BCUT2D eigenvalue weighted by atomic mass is 15.1. The molecule has 1 N–H and O–H groups in total. The summed E-state index contributed by atoms with van der Waals surface area (Å²) < 4.78 is 0. The zero-order valence-electron chi connectivity index (χ0n) is 10.4. The third-order valence-corrected chi connectivity index (χ3v) is 2.62. The number of nitrogens with one attached hydrogen (secondary N) is 1. The number of unbranched alkanes of at least 4 members (excludes halogenated alkanes) is 1. The lowest BCUT2D eigenvalue weighted by Crippen LogP contribution is -2.29. The fourth-order valence-electron chi connectivity index (χ4n) is 1.55. The van der Waals surface area contributed by atoms with Crippen LogP contribution in [0, 0.1) is 0 Å². The van der Waals surface area contributed by atoms with E-state index in [4.69, 9.17) is 0 Å². The molecule has 0 unspecified atom stereocenters. The smallest absolute Gasteiger partial charge is 0.0312 e. The normalized spacial score (nSPS) is 10.9. The Labute approximate surface area is 98.9 Å². The number of likely N-dealkylation sites (N-methyl/N-ethyl adjacent to an activating group) is 1. The molecule has 0 saturated carbocycles. The van der Waals surface area contributed by atoms with Crippen LogP contribution in [0.5, 0.6) is 0 Å². The highest BCUT2D eigenvalue weighted by Gasteiger charge is 1.96. The molecule has 1 heterocycles. The maximum Gasteiger partial charge on any atom is 0.0312 e. The van der Waals surface area contributed by atoms with Gasteiger partial charge in [-0.15, -0.1) is 0 Å². The summed E-state index contributed by atoms with van der Waals surface area (Å²) in [5.41, 5.74) is 1.25. The summed E-state index contributed by atoms with van der Waals surface area (Å²) in [7, 11) is 2.18. The third-order valence-electron chi connectivity index (χ3n) is 2.62. The van der Waals surface area contributed by atoms with Gasteiger partial charge >= 0.3 is 0 Å². The average Bonchev–Trinajstić information content (AvgIpc) is 2.33. The van der Waals surface area contributed by atoms with Gasteiger partial charge in [0.2, 0.25) is 0 Å². The number of aromatic nitrogens is 1. The van der Waals surface area contributed by atoms with Crippen LogP contribution in [-0.4, -0.2) is 36.6 Å². The average molecular weight is 221 g/mol. The predicted molar refractivity (Wildman–Crippen MR) is 68.3 cm³/mol. The summed E-state index contributed by atoms with van der Waals surface area (Å²) >= 11 is 0. The van der Waals surface area contributed by atoms with Crippen molar-refractivity contribution in [3.8, 4) is 0 Å². The zero-order valence-corrected chi connectivity index (χ0v) is 10.4. The molecule has 1 rings (SSSR count). The van der Waals surface area contributed by atoms with Crippen molar-refractivity contribution in [3.05, 3.63) is 30.1 Å². The standard InChI is InChI=1S/C13H23N3/c1-3-4-9-16(2)10-8-15-12-13-6-5-7-14-11-13/h5-7,11,15H,3-4,8-10,12H2,1-2H3. The molecule has 16 heavy (non-hydrogen) atoms. The van der Waals surface area contributed by atoms with E-state index in [1.165, 1.54) is 24.9 Å². The van der Waals surface area contributed by atoms with Gasteiger partial charge in [0.25, 0.3) is 0 Å². The van der Waals surface area contributed by atoms with Crippen LogP contribution >= 0.6 is 0 Å². The molecule has 0 aliphatic carbocycles. The molecule has 0 bridgehead atoms. The lowest BCUT2D eigenvalue weighted by molar-refractivity contribution is 0.325. The van der Waals surface area contributed by atoms with Gasteiger partial charge in [-0.1, -0.05) is 19.4 Å². The van der Waals surface area contributed by atoms with Crippen molar-refractivity contribution in [2.45, 2.75) is 26.3 Å². The van der Waals surface area contributed by atoms with Crippen molar-refractivity contribution in [2.24, 2.45) is 0 Å². The second-order valence-electron chi connectivity index (χ2n) is 4.19. The van der Waals surface area contributed by atoms with Gasteiger partial charge in [0.15, 0.2) is 0 Å². The van der Waals surface area contributed by atoms with Gasteiger partial charge < -0.3 is 10.2 Å². The Morgan fingerprint density at radius 1 is 1.38 bits per heavy atom. The van der Waals surface area contributed by atoms with Crippen LogP contribution in [0.1, 0.15) is 25.3 Å². The molecule has 0 saturated heterocycles. The van der Waals surface area contributed by atoms with E-state index >= 15 is 0 Å². The number of nitrogens with zero attached hydrogens (tertiary/aromatic N) is 2. The highest BCUT2D eigenvalue weighted by Crippen LogP contribution is 1.94. The van der Waals surface area contributed by atoms with Gasteiger partial charge in [-0.25, -0.2) is 0 Å². The molecule has 3 heteroatoms. The zero-order chi connectivity index (χ0) is 11.6. The van der Waals surface area contributed by atoms with Crippen LogP contribution in [0.2, 0.25) is 0 Å². The fraction of sp³-hybridized carbons (Fsp3) is 0.615. The summed E-state index contributed by atoms with van der Waals surface area (Å²) in [6.07, 6.45) is 6.28. The van der Waals surface area contributed by atoms with Crippen molar-refractivity contribution in [3.63, 3.8) is 0 Å². The Bertz CT molecular complexity index is 261. The fourth-order valence-corrected chi connectivity index (χ4v) is 1.55. The first-order valence-electron chi connectivity index (χ1n) is 6.11. The molecular weight excluding hydrogens is 198 g/mol. The van der Waals surface area contributed by atoms with E-state index in [1.807, 2.05) is 18.5 Å². The molecule has 1 aromatic heterocycles. The lowest BCUT2D eigenvalue weighted by atomic mass is 10.3. The molecule has 1 aromatic rings. The van der Waals surface area contributed by atoms with Crippen molar-refractivity contribution < 1.29 is 0 Å². The van der Waals surface area contributed by atoms with Gasteiger partial charge in [-0.2, -0.15) is 0 Å². The molecule has 0 aromatic carbocycles. The minimum absolute atomic E-state index is 0.912. The molecule has 0 amide bonds. The third kappa shape index (κ3) is 5.83. The first kappa shape index (κ1) is 13.1. The molecule has 0 aliphatic rings. The van der Waals surface area contributed by atoms with E-state index in [2.05, 4.69) is 35.2 Å². The van der Waals surface area contributed by atoms with E-state index in [0.717, 1.165) is 19.6 Å². The van der Waals surface area contributed by atoms with Crippen molar-refractivity contribution >= 4 is 0 Å². The lowest BCUT2D eigenvalue weighted by Gasteiger charge is -2.16. The summed E-state index contributed by atoms with van der Waals surface area (Å²) in [5.74, 6) is 0. The summed E-state index contributed by atoms with van der Waals surface area (Å²) in [6, 6.07) is 4.07. The monoisotopic (exact) mass is 221 g/mol. The van der Waals surface area contributed by atoms with E-state index in [0.29, 0.717) is 0 Å². The summed E-state index contributed by atoms with van der Waals surface area (Å²) in [5, 5.41) is 3.43. The van der Waals surface area contributed by atoms with Crippen LogP contribution in [0.25, 0.3) is 0 Å². The quantitative estimate of drug-likeness (QED) is 0.680. The molecule has 0 spiro atoms. The molecule has 0 fully saturated rings. The Kier molecular flexibility index (Phi) is 6.77. The number of hydrogen-bond donors (Lipinski definition) is 1. The van der Waals surface area contributed by atoms with Crippen LogP contribution in [0.15, 0.2) is 24.5 Å². The Morgan fingerprint density at radius 2 is 2.25 bits per heavy atom. The molecule has 0 aliphatic heterocycles. The largest absolute Gasteiger partial charge is 0.311 e. The Hall–Kier alpha value is -0.930. The van der Waals surface area contributed by atoms with E-state index in [-0.39, 0.29) is 0 Å². The predicted octanol–water partition coefficient (Wildman–Crippen LogP) is 1.90. The van der Waals surface area contributed by atoms with Gasteiger partial charge in [-0.3, -0.25) is 4.98 Å². The van der Waals surface area contributed by atoms with Gasteiger partial charge in [0.1, 0.15) is 0 Å². The molecule has 0 radical (unpaired) electrons. The number of rotatable bonds is 8. The topological polar surface area (TPSA) is 28.2 Å². The SMILES string of the molecule is CCCCN(C)CCNCc1cccnc1. The summed E-state index contributed by atoms with van der Waals surface area (Å²) in [6.45, 7) is 6.49. The van der Waals surface area contributed by atoms with Crippen molar-refractivity contribution in [1.82, 2.24) is 15.2 Å². The van der Waals surface area contributed by atoms with Crippen LogP contribution < -0.4 is 5.32 Å². The number of hydrogen-bond acceptors (Lipinski definition) is 3. The first-order valence-corrected chi connectivity index (χ1v) is 6.11. The van der Waals surface area contributed by atoms with Gasteiger partial charge in [-0.05, 0) is 31.6 Å². The van der Waals surface area contributed by atoms with Crippen LogP contribution in [-0.2, 0) is 6.54 Å². The van der Waals surface area contributed by atoms with Gasteiger partial charge in [0, 0.05) is 32.0 Å². The minimum Gasteiger partial charge on any atom is -0.311 e. The first-order chi connectivity index (χ1) is 7.83. The Balaban J connectivity index is 2.03. The minimum atomic E-state index is 0.912. The second-order valence-corrected chi connectivity index (χ2v) is 4.19. The second kappa shape index (κ2) is 8.25. The molecule has 3 nitrogen and oxygen atoms in total. The van der Waals surface area contributed by atoms with Crippen molar-refractivity contribution in [1.29, 1.82) is 0 Å².